The van der Waals surface area contributed by atoms with E-state index in [9.17, 15) is 24.1 Å². The van der Waals surface area contributed by atoms with Gasteiger partial charge < -0.3 is 4.74 Å². The Morgan fingerprint density at radius 2 is 1.72 bits per heavy atom. The second kappa shape index (κ2) is 9.53. The molecule has 0 saturated carbocycles. The normalized spacial score (nSPS) is 18.0. The van der Waals surface area contributed by atoms with Gasteiger partial charge in [-0.2, -0.15) is 0 Å². The average molecular weight is 491 g/mol. The van der Waals surface area contributed by atoms with Gasteiger partial charge in [0.05, 0.1) is 17.0 Å². The molecule has 4 rings (SSSR count). The molecule has 0 bridgehead atoms. The van der Waals surface area contributed by atoms with Gasteiger partial charge in [-0.1, -0.05) is 60.7 Å². The fraction of sp³-hybridized carbons (Fsp3) is 0.286. The molecule has 0 aromatic heterocycles. The maximum Gasteiger partial charge on any atom is 0.421 e. The summed E-state index contributed by atoms with van der Waals surface area (Å²) in [6, 6.07) is 21.3. The monoisotopic (exact) mass is 490 g/mol. The highest BCUT2D eigenvalue weighted by Gasteiger charge is 2.59. The van der Waals surface area contributed by atoms with Crippen molar-refractivity contribution in [3.63, 3.8) is 0 Å². The summed E-state index contributed by atoms with van der Waals surface area (Å²) >= 11 is 0. The second-order valence-electron chi connectivity index (χ2n) is 9.89. The van der Waals surface area contributed by atoms with Crippen LogP contribution in [0, 0.1) is 15.9 Å². The molecule has 0 unspecified atom stereocenters. The van der Waals surface area contributed by atoms with Crippen LogP contribution in [0.5, 0.6) is 0 Å². The van der Waals surface area contributed by atoms with Crippen molar-refractivity contribution in [1.82, 2.24) is 0 Å². The van der Waals surface area contributed by atoms with E-state index in [0.29, 0.717) is 22.4 Å². The number of carbonyl (C=O) groups excluding carboxylic acids is 2. The molecule has 8 heteroatoms. The fourth-order valence-corrected chi connectivity index (χ4v) is 4.94. The lowest BCUT2D eigenvalue weighted by Gasteiger charge is -2.35. The number of benzene rings is 3. The molecule has 36 heavy (non-hydrogen) atoms. The Labute approximate surface area is 208 Å². The zero-order valence-electron chi connectivity index (χ0n) is 20.3. The summed E-state index contributed by atoms with van der Waals surface area (Å²) in [5.41, 5.74) is -0.623. The second-order valence-corrected chi connectivity index (χ2v) is 9.89. The van der Waals surface area contributed by atoms with Crippen molar-refractivity contribution in [1.29, 1.82) is 0 Å². The third-order valence-electron chi connectivity index (χ3n) is 6.29. The smallest absolute Gasteiger partial charge is 0.421 e. The first-order valence-electron chi connectivity index (χ1n) is 11.6. The van der Waals surface area contributed by atoms with Crippen LogP contribution >= 0.6 is 0 Å². The maximum atomic E-state index is 14.4. The van der Waals surface area contributed by atoms with Crippen LogP contribution in [-0.2, 0) is 21.4 Å². The molecule has 0 radical (unpaired) electrons. The molecule has 0 aliphatic carbocycles. The number of carbonyl (C=O) groups is 2. The third-order valence-corrected chi connectivity index (χ3v) is 6.29. The molecule has 0 N–H and O–H groups in total. The first-order chi connectivity index (χ1) is 17.0. The highest BCUT2D eigenvalue weighted by molar-refractivity contribution is 6.21. The largest absolute Gasteiger partial charge is 0.443 e. The standard InChI is InChI=1S/C28H27FN2O5/c1-27(2,3)36-26(33)31-24-15-8-7-14-22(24)28(25(31)32,17-19-10-9-13-21(29)16-19)23(18-30(34)35)20-11-5-4-6-12-20/h4-16,23H,17-18H2,1-3H3/t23-,28-/m1/s1. The van der Waals surface area contributed by atoms with Gasteiger partial charge >= 0.3 is 6.09 Å². The maximum absolute atomic E-state index is 14.4. The molecule has 1 aliphatic heterocycles. The molecule has 3 aromatic rings. The third kappa shape index (κ3) is 4.71. The number of hydrogen-bond donors (Lipinski definition) is 0. The van der Waals surface area contributed by atoms with E-state index in [0.717, 1.165) is 4.90 Å². The lowest BCUT2D eigenvalue weighted by molar-refractivity contribution is -0.485. The van der Waals surface area contributed by atoms with Gasteiger partial charge in [0.1, 0.15) is 11.4 Å². The molecule has 2 atom stereocenters. The van der Waals surface area contributed by atoms with E-state index < -0.39 is 46.2 Å². The predicted octanol–water partition coefficient (Wildman–Crippen LogP) is 5.65. The van der Waals surface area contributed by atoms with Gasteiger partial charge in [0.2, 0.25) is 12.5 Å². The van der Waals surface area contributed by atoms with Crippen molar-refractivity contribution in [3.05, 3.63) is 111 Å². The average Bonchev–Trinajstić information content (AvgIpc) is 3.05. The Balaban J connectivity index is 1.99. The van der Waals surface area contributed by atoms with E-state index in [2.05, 4.69) is 0 Å². The number of fused-ring (bicyclic) bond motifs is 1. The zero-order valence-corrected chi connectivity index (χ0v) is 20.3. The molecule has 2 amide bonds. The van der Waals surface area contributed by atoms with Gasteiger partial charge in [0, 0.05) is 4.92 Å². The SMILES string of the molecule is CC(C)(C)OC(=O)N1C(=O)[C@@](Cc2cccc(F)c2)([C@H](C[N+](=O)[O-])c2ccccc2)c2ccccc21. The van der Waals surface area contributed by atoms with Crippen LogP contribution in [0.4, 0.5) is 14.9 Å². The quantitative estimate of drug-likeness (QED) is 0.329. The molecule has 1 aliphatic rings. The molecule has 0 saturated heterocycles. The van der Waals surface area contributed by atoms with Gasteiger partial charge in [-0.05, 0) is 62.1 Å². The van der Waals surface area contributed by atoms with Gasteiger partial charge in [-0.25, -0.2) is 14.1 Å². The lowest BCUT2D eigenvalue weighted by Crippen LogP contribution is -2.50. The number of nitrogens with zero attached hydrogens (tertiary/aromatic N) is 2. The number of amides is 2. The van der Waals surface area contributed by atoms with Crippen LogP contribution in [0.2, 0.25) is 0 Å². The van der Waals surface area contributed by atoms with Crippen molar-refractivity contribution < 1.29 is 23.6 Å². The number of nitro groups is 1. The van der Waals surface area contributed by atoms with Crippen LogP contribution in [-0.4, -0.2) is 29.1 Å². The number of halogens is 1. The van der Waals surface area contributed by atoms with E-state index in [-0.39, 0.29) is 6.42 Å². The molecule has 3 aromatic carbocycles. The molecular weight excluding hydrogens is 463 g/mol. The van der Waals surface area contributed by atoms with Crippen molar-refractivity contribution in [2.24, 2.45) is 0 Å². The van der Waals surface area contributed by atoms with Crippen LogP contribution < -0.4 is 4.90 Å². The van der Waals surface area contributed by atoms with Crippen LogP contribution in [0.1, 0.15) is 43.4 Å². The van der Waals surface area contributed by atoms with Gasteiger partial charge in [-0.15, -0.1) is 0 Å². The summed E-state index contributed by atoms with van der Waals surface area (Å²) in [5, 5.41) is 11.9. The Bertz CT molecular complexity index is 1300. The lowest BCUT2D eigenvalue weighted by atomic mass is 9.65. The number of anilines is 1. The van der Waals surface area contributed by atoms with Gasteiger partial charge in [0.15, 0.2) is 0 Å². The van der Waals surface area contributed by atoms with E-state index in [4.69, 9.17) is 4.74 Å². The van der Waals surface area contributed by atoms with Crippen molar-refractivity contribution in [3.8, 4) is 0 Å². The van der Waals surface area contributed by atoms with E-state index in [1.165, 1.54) is 18.2 Å². The van der Waals surface area contributed by atoms with Crippen LogP contribution in [0.3, 0.4) is 0 Å². The summed E-state index contributed by atoms with van der Waals surface area (Å²) in [7, 11) is 0. The van der Waals surface area contributed by atoms with E-state index >= 15 is 0 Å². The number of hydrogen-bond acceptors (Lipinski definition) is 5. The Morgan fingerprint density at radius 3 is 2.36 bits per heavy atom. The molecular formula is C28H27FN2O5. The van der Waals surface area contributed by atoms with E-state index in [1.54, 1.807) is 81.4 Å². The fourth-order valence-electron chi connectivity index (χ4n) is 4.94. The topological polar surface area (TPSA) is 89.8 Å². The minimum atomic E-state index is -1.56. The summed E-state index contributed by atoms with van der Waals surface area (Å²) in [6.45, 7) is 4.51. The molecule has 7 nitrogen and oxygen atoms in total. The Morgan fingerprint density at radius 1 is 1.06 bits per heavy atom. The highest BCUT2D eigenvalue weighted by atomic mass is 19.1. The zero-order chi connectivity index (χ0) is 26.1. The van der Waals surface area contributed by atoms with Gasteiger partial charge in [0.25, 0.3) is 0 Å². The first kappa shape index (κ1) is 25.0. The number of rotatable bonds is 6. The van der Waals surface area contributed by atoms with Crippen LogP contribution in [0.15, 0.2) is 78.9 Å². The minimum Gasteiger partial charge on any atom is -0.443 e. The Hall–Kier alpha value is -4.07. The summed E-state index contributed by atoms with van der Waals surface area (Å²) in [5.74, 6) is -2.08. The van der Waals surface area contributed by atoms with Crippen molar-refractivity contribution in [2.75, 3.05) is 11.4 Å². The molecule has 186 valence electrons. The molecule has 1 heterocycles. The minimum absolute atomic E-state index is 0.0483. The summed E-state index contributed by atoms with van der Waals surface area (Å²) < 4.78 is 19.8. The predicted molar refractivity (Wildman–Crippen MR) is 133 cm³/mol. The highest BCUT2D eigenvalue weighted by Crippen LogP contribution is 2.52. The molecule has 0 fully saturated rings. The van der Waals surface area contributed by atoms with Crippen LogP contribution in [0.25, 0.3) is 0 Å². The van der Waals surface area contributed by atoms with E-state index in [1.807, 2.05) is 0 Å². The first-order valence-corrected chi connectivity index (χ1v) is 11.6. The molecule has 0 spiro atoms. The summed E-state index contributed by atoms with van der Waals surface area (Å²) in [4.78, 5) is 40.2. The van der Waals surface area contributed by atoms with Crippen molar-refractivity contribution >= 4 is 17.7 Å². The number of imide groups is 1. The van der Waals surface area contributed by atoms with Gasteiger partial charge in [-0.3, -0.25) is 14.9 Å². The number of ether oxygens (including phenoxy) is 1. The number of para-hydroxylation sites is 1. The van der Waals surface area contributed by atoms with Crippen molar-refractivity contribution in [2.45, 2.75) is 44.1 Å². The Kier molecular flexibility index (Phi) is 6.63. The summed E-state index contributed by atoms with van der Waals surface area (Å²) in [6.07, 6.45) is -0.915.